The monoisotopic (exact) mass is 295 g/mol. The van der Waals surface area contributed by atoms with Crippen molar-refractivity contribution in [3.63, 3.8) is 0 Å². The fourth-order valence-electron chi connectivity index (χ4n) is 2.10. The van der Waals surface area contributed by atoms with E-state index in [0.717, 1.165) is 11.1 Å². The minimum Gasteiger partial charge on any atom is -0.377 e. The van der Waals surface area contributed by atoms with Crippen molar-refractivity contribution in [3.8, 4) is 0 Å². The fraction of sp³-hybridized carbons (Fsp3) is 0.429. The molecule has 0 fully saturated rings. The van der Waals surface area contributed by atoms with Crippen molar-refractivity contribution in [2.24, 2.45) is 0 Å². The van der Waals surface area contributed by atoms with E-state index in [4.69, 9.17) is 4.74 Å². The molecule has 0 bridgehead atoms. The first kappa shape index (κ1) is 12.7. The number of benzene rings is 1. The summed E-state index contributed by atoms with van der Waals surface area (Å²) < 4.78 is 8.98. The van der Waals surface area contributed by atoms with Gasteiger partial charge in [0.2, 0.25) is 0 Å². The van der Waals surface area contributed by atoms with Gasteiger partial charge in [0.15, 0.2) is 0 Å². The molecule has 3 heteroatoms. The van der Waals surface area contributed by atoms with Crippen molar-refractivity contribution in [2.75, 3.05) is 6.61 Å². The highest BCUT2D eigenvalue weighted by Crippen LogP contribution is 2.31. The third kappa shape index (κ3) is 2.40. The number of ether oxygens (including phenoxy) is 1. The first-order valence-corrected chi connectivity index (χ1v) is 6.80. The Morgan fingerprint density at radius 2 is 2.12 bits per heavy atom. The summed E-state index contributed by atoms with van der Waals surface area (Å²) in [7, 11) is 0. The van der Waals surface area contributed by atoms with Gasteiger partial charge in [-0.1, -0.05) is 22.0 Å². The van der Waals surface area contributed by atoms with Crippen LogP contribution in [0.3, 0.4) is 0 Å². The zero-order valence-corrected chi connectivity index (χ0v) is 12.1. The zero-order valence-electron chi connectivity index (χ0n) is 10.5. The minimum absolute atomic E-state index is 0.460. The molecule has 0 aliphatic carbocycles. The van der Waals surface area contributed by atoms with E-state index in [9.17, 15) is 0 Å². The SMILES string of the molecule is CCOCc1cn(C(C)C)c2cccc(Br)c12. The topological polar surface area (TPSA) is 14.2 Å². The van der Waals surface area contributed by atoms with Crippen molar-refractivity contribution < 1.29 is 4.74 Å². The van der Waals surface area contributed by atoms with E-state index in [2.05, 4.69) is 58.7 Å². The average Bonchev–Trinajstić information content (AvgIpc) is 2.67. The van der Waals surface area contributed by atoms with Crippen LogP contribution in [0.5, 0.6) is 0 Å². The predicted octanol–water partition coefficient (Wildman–Crippen LogP) is 4.52. The summed E-state index contributed by atoms with van der Waals surface area (Å²) in [5.41, 5.74) is 2.52. The van der Waals surface area contributed by atoms with Gasteiger partial charge in [0.05, 0.1) is 6.61 Å². The van der Waals surface area contributed by atoms with Crippen LogP contribution in [0.1, 0.15) is 32.4 Å². The quantitative estimate of drug-likeness (QED) is 0.809. The normalized spacial score (nSPS) is 11.6. The van der Waals surface area contributed by atoms with E-state index in [1.54, 1.807) is 0 Å². The van der Waals surface area contributed by atoms with Crippen LogP contribution >= 0.6 is 15.9 Å². The lowest BCUT2D eigenvalue weighted by Gasteiger charge is -2.08. The molecule has 0 radical (unpaired) electrons. The van der Waals surface area contributed by atoms with Crippen LogP contribution in [0.25, 0.3) is 10.9 Å². The Labute approximate surface area is 111 Å². The number of aromatic nitrogens is 1. The summed E-state index contributed by atoms with van der Waals surface area (Å²) in [6, 6.07) is 6.79. The molecule has 0 atom stereocenters. The van der Waals surface area contributed by atoms with Gasteiger partial charge in [-0.15, -0.1) is 0 Å². The Kier molecular flexibility index (Phi) is 3.89. The van der Waals surface area contributed by atoms with Crippen molar-refractivity contribution in [1.82, 2.24) is 4.57 Å². The van der Waals surface area contributed by atoms with E-state index >= 15 is 0 Å². The van der Waals surface area contributed by atoms with E-state index in [1.807, 2.05) is 6.92 Å². The summed E-state index contributed by atoms with van der Waals surface area (Å²) in [5, 5.41) is 1.27. The van der Waals surface area contributed by atoms with Gasteiger partial charge in [-0.3, -0.25) is 0 Å². The molecule has 17 heavy (non-hydrogen) atoms. The van der Waals surface area contributed by atoms with E-state index in [1.165, 1.54) is 16.5 Å². The van der Waals surface area contributed by atoms with E-state index in [0.29, 0.717) is 12.6 Å². The largest absolute Gasteiger partial charge is 0.377 e. The van der Waals surface area contributed by atoms with Crippen LogP contribution in [0, 0.1) is 0 Å². The molecule has 2 rings (SSSR count). The molecule has 0 amide bonds. The molecular formula is C14H18BrNO. The van der Waals surface area contributed by atoms with Crippen molar-refractivity contribution in [3.05, 3.63) is 34.4 Å². The van der Waals surface area contributed by atoms with Crippen LogP contribution < -0.4 is 0 Å². The molecule has 0 N–H and O–H groups in total. The average molecular weight is 296 g/mol. The Balaban J connectivity index is 2.59. The van der Waals surface area contributed by atoms with Gasteiger partial charge in [0, 0.05) is 39.8 Å². The van der Waals surface area contributed by atoms with Gasteiger partial charge in [-0.25, -0.2) is 0 Å². The second-order valence-corrected chi connectivity index (χ2v) is 5.28. The molecule has 0 saturated carbocycles. The Morgan fingerprint density at radius 3 is 2.76 bits per heavy atom. The molecule has 2 aromatic rings. The number of fused-ring (bicyclic) bond motifs is 1. The third-order valence-electron chi connectivity index (χ3n) is 2.90. The number of hydrogen-bond donors (Lipinski definition) is 0. The van der Waals surface area contributed by atoms with Gasteiger partial charge in [-0.05, 0) is 32.9 Å². The van der Waals surface area contributed by atoms with Crippen LogP contribution in [0.4, 0.5) is 0 Å². The van der Waals surface area contributed by atoms with Gasteiger partial charge in [-0.2, -0.15) is 0 Å². The Bertz CT molecular complexity index is 516. The van der Waals surface area contributed by atoms with Crippen LogP contribution in [0.15, 0.2) is 28.9 Å². The van der Waals surface area contributed by atoms with Gasteiger partial charge in [0.25, 0.3) is 0 Å². The molecule has 0 unspecified atom stereocenters. The van der Waals surface area contributed by atoms with E-state index < -0.39 is 0 Å². The van der Waals surface area contributed by atoms with Gasteiger partial charge in [0.1, 0.15) is 0 Å². The standard InChI is InChI=1S/C14H18BrNO/c1-4-17-9-11-8-16(10(2)3)13-7-5-6-12(15)14(11)13/h5-8,10H,4,9H2,1-3H3. The first-order valence-electron chi connectivity index (χ1n) is 6.00. The maximum atomic E-state index is 5.54. The summed E-state index contributed by atoms with van der Waals surface area (Å²) in [6.07, 6.45) is 2.20. The summed E-state index contributed by atoms with van der Waals surface area (Å²) >= 11 is 3.63. The van der Waals surface area contributed by atoms with Crippen molar-refractivity contribution in [2.45, 2.75) is 33.4 Å². The Hall–Kier alpha value is -0.800. The summed E-state index contributed by atoms with van der Waals surface area (Å²) in [4.78, 5) is 0. The molecular weight excluding hydrogens is 278 g/mol. The Morgan fingerprint density at radius 1 is 1.35 bits per heavy atom. The lowest BCUT2D eigenvalue weighted by atomic mass is 10.2. The summed E-state index contributed by atoms with van der Waals surface area (Å²) in [5.74, 6) is 0. The van der Waals surface area contributed by atoms with Gasteiger partial charge >= 0.3 is 0 Å². The highest BCUT2D eigenvalue weighted by molar-refractivity contribution is 9.10. The molecule has 1 aromatic heterocycles. The molecule has 0 aliphatic rings. The predicted molar refractivity (Wildman–Crippen MR) is 75.4 cm³/mol. The molecule has 0 aliphatic heterocycles. The molecule has 92 valence electrons. The van der Waals surface area contributed by atoms with Crippen LogP contribution in [-0.4, -0.2) is 11.2 Å². The molecule has 0 spiro atoms. The molecule has 1 aromatic carbocycles. The van der Waals surface area contributed by atoms with Crippen molar-refractivity contribution in [1.29, 1.82) is 0 Å². The van der Waals surface area contributed by atoms with Crippen LogP contribution in [-0.2, 0) is 11.3 Å². The lowest BCUT2D eigenvalue weighted by molar-refractivity contribution is 0.135. The fourth-order valence-corrected chi connectivity index (χ4v) is 2.71. The second kappa shape index (κ2) is 5.23. The highest BCUT2D eigenvalue weighted by Gasteiger charge is 2.12. The van der Waals surface area contributed by atoms with Crippen LogP contribution in [0.2, 0.25) is 0 Å². The zero-order chi connectivity index (χ0) is 12.4. The molecule has 0 saturated heterocycles. The first-order chi connectivity index (χ1) is 8.15. The number of rotatable bonds is 4. The van der Waals surface area contributed by atoms with Gasteiger partial charge < -0.3 is 9.30 Å². The number of halogens is 1. The number of nitrogens with zero attached hydrogens (tertiary/aromatic N) is 1. The van der Waals surface area contributed by atoms with Crippen molar-refractivity contribution >= 4 is 26.8 Å². The number of hydrogen-bond acceptors (Lipinski definition) is 1. The smallest absolute Gasteiger partial charge is 0.0737 e. The highest BCUT2D eigenvalue weighted by atomic mass is 79.9. The molecule has 2 nitrogen and oxygen atoms in total. The van der Waals surface area contributed by atoms with E-state index in [-0.39, 0.29) is 0 Å². The second-order valence-electron chi connectivity index (χ2n) is 4.43. The third-order valence-corrected chi connectivity index (χ3v) is 3.56. The molecule has 1 heterocycles. The maximum absolute atomic E-state index is 5.54. The maximum Gasteiger partial charge on any atom is 0.0737 e. The minimum atomic E-state index is 0.460. The lowest BCUT2D eigenvalue weighted by Crippen LogP contribution is -1.98. The summed E-state index contributed by atoms with van der Waals surface area (Å²) in [6.45, 7) is 7.85.